The van der Waals surface area contributed by atoms with Crippen molar-refractivity contribution in [1.82, 2.24) is 14.7 Å². The first kappa shape index (κ1) is 15.0. The lowest BCUT2D eigenvalue weighted by Crippen LogP contribution is -2.22. The number of imidazole rings is 1. The molecular weight excluding hydrogens is 292 g/mol. The number of rotatable bonds is 5. The lowest BCUT2D eigenvalue weighted by atomic mass is 10.1. The molecule has 3 rings (SSSR count). The smallest absolute Gasteiger partial charge is 0.249 e. The van der Waals surface area contributed by atoms with Gasteiger partial charge in [-0.25, -0.2) is 4.98 Å². The van der Waals surface area contributed by atoms with E-state index in [4.69, 9.17) is 4.52 Å². The maximum atomic E-state index is 12.2. The third kappa shape index (κ3) is 3.31. The molecule has 3 aromatic rings. The number of nitrogens with one attached hydrogen (secondary N) is 1. The van der Waals surface area contributed by atoms with Gasteiger partial charge in [0.1, 0.15) is 11.7 Å². The first-order chi connectivity index (χ1) is 11.2. The molecule has 2 heterocycles. The molecule has 6 nitrogen and oxygen atoms in total. The Morgan fingerprint density at radius 2 is 2.13 bits per heavy atom. The van der Waals surface area contributed by atoms with Gasteiger partial charge in [0.15, 0.2) is 0 Å². The van der Waals surface area contributed by atoms with Gasteiger partial charge in [-0.2, -0.15) is 0 Å². The largest absolute Gasteiger partial charge is 0.338 e. The van der Waals surface area contributed by atoms with Crippen molar-refractivity contribution in [2.45, 2.75) is 26.3 Å². The van der Waals surface area contributed by atoms with Crippen LogP contribution in [0.3, 0.4) is 0 Å². The summed E-state index contributed by atoms with van der Waals surface area (Å²) in [5, 5.41) is 6.73. The maximum Gasteiger partial charge on any atom is 0.249 e. The molecule has 0 fully saturated rings. The second kappa shape index (κ2) is 6.48. The highest BCUT2D eigenvalue weighted by molar-refractivity contribution is 5.92. The summed E-state index contributed by atoms with van der Waals surface area (Å²) in [6, 6.07) is 9.45. The van der Waals surface area contributed by atoms with E-state index in [9.17, 15) is 4.79 Å². The lowest BCUT2D eigenvalue weighted by Gasteiger charge is -2.11. The van der Waals surface area contributed by atoms with Gasteiger partial charge in [-0.1, -0.05) is 36.3 Å². The van der Waals surface area contributed by atoms with Gasteiger partial charge in [-0.3, -0.25) is 10.1 Å². The molecule has 1 atom stereocenters. The van der Waals surface area contributed by atoms with Crippen LogP contribution in [-0.4, -0.2) is 20.6 Å². The summed E-state index contributed by atoms with van der Waals surface area (Å²) < 4.78 is 6.93. The predicted octanol–water partition coefficient (Wildman–Crippen LogP) is 3.30. The van der Waals surface area contributed by atoms with Gasteiger partial charge in [0.25, 0.3) is 0 Å². The highest BCUT2D eigenvalue weighted by Crippen LogP contribution is 2.23. The first-order valence-electron chi connectivity index (χ1n) is 7.51. The monoisotopic (exact) mass is 310 g/mol. The Kier molecular flexibility index (Phi) is 4.23. The third-order valence-electron chi connectivity index (χ3n) is 3.77. The van der Waals surface area contributed by atoms with Crippen molar-refractivity contribution >= 4 is 11.8 Å². The Bertz CT molecular complexity index is 775. The normalized spacial score (nSPS) is 12.1. The molecule has 0 aliphatic carbocycles. The molecule has 0 saturated carbocycles. The Morgan fingerprint density at radius 1 is 1.35 bits per heavy atom. The van der Waals surface area contributed by atoms with Crippen LogP contribution in [0.4, 0.5) is 5.88 Å². The SMILES string of the molecule is CCc1ccc(-c2cc(NC(=O)[C@H](C)n3ccnc3)on2)cc1. The van der Waals surface area contributed by atoms with Crippen molar-refractivity contribution < 1.29 is 9.32 Å². The fraction of sp³-hybridized carbons (Fsp3) is 0.235. The number of amides is 1. The standard InChI is InChI=1S/C17H18N4O2/c1-3-13-4-6-14(7-5-13)15-10-16(23-20-15)19-17(22)12(2)21-9-8-18-11-21/h4-12H,3H2,1-2H3,(H,19,22)/t12-/m0/s1. The summed E-state index contributed by atoms with van der Waals surface area (Å²) in [6.45, 7) is 3.90. The summed E-state index contributed by atoms with van der Waals surface area (Å²) >= 11 is 0. The van der Waals surface area contributed by atoms with Crippen molar-refractivity contribution in [3.05, 3.63) is 54.6 Å². The number of benzene rings is 1. The molecule has 0 spiro atoms. The van der Waals surface area contributed by atoms with Crippen LogP contribution in [0.15, 0.2) is 53.6 Å². The summed E-state index contributed by atoms with van der Waals surface area (Å²) in [7, 11) is 0. The number of carbonyl (C=O) groups is 1. The second-order valence-electron chi connectivity index (χ2n) is 5.30. The summed E-state index contributed by atoms with van der Waals surface area (Å²) in [5.41, 5.74) is 2.91. The molecular formula is C17H18N4O2. The summed E-state index contributed by atoms with van der Waals surface area (Å²) in [5.74, 6) is 0.142. The zero-order valence-corrected chi connectivity index (χ0v) is 13.1. The van der Waals surface area contributed by atoms with E-state index >= 15 is 0 Å². The maximum absolute atomic E-state index is 12.2. The molecule has 118 valence electrons. The molecule has 1 aromatic carbocycles. The zero-order valence-electron chi connectivity index (χ0n) is 13.1. The third-order valence-corrected chi connectivity index (χ3v) is 3.77. The number of carbonyl (C=O) groups excluding carboxylic acids is 1. The average molecular weight is 310 g/mol. The van der Waals surface area contributed by atoms with Crippen LogP contribution in [-0.2, 0) is 11.2 Å². The fourth-order valence-corrected chi connectivity index (χ4v) is 2.24. The minimum absolute atomic E-state index is 0.188. The van der Waals surface area contributed by atoms with Crippen molar-refractivity contribution in [1.29, 1.82) is 0 Å². The second-order valence-corrected chi connectivity index (χ2v) is 5.30. The number of aromatic nitrogens is 3. The number of hydrogen-bond donors (Lipinski definition) is 1. The molecule has 0 unspecified atom stereocenters. The van der Waals surface area contributed by atoms with Crippen molar-refractivity contribution in [3.63, 3.8) is 0 Å². The quantitative estimate of drug-likeness (QED) is 0.784. The van der Waals surface area contributed by atoms with E-state index in [0.29, 0.717) is 11.6 Å². The van der Waals surface area contributed by atoms with Crippen LogP contribution in [0.5, 0.6) is 0 Å². The molecule has 6 heteroatoms. The van der Waals surface area contributed by atoms with Crippen LogP contribution < -0.4 is 5.32 Å². The van der Waals surface area contributed by atoms with E-state index in [0.717, 1.165) is 12.0 Å². The molecule has 0 aliphatic rings. The van der Waals surface area contributed by atoms with Crippen LogP contribution in [0.1, 0.15) is 25.5 Å². The van der Waals surface area contributed by atoms with E-state index in [1.54, 1.807) is 36.3 Å². The van der Waals surface area contributed by atoms with E-state index in [2.05, 4.69) is 34.5 Å². The molecule has 1 amide bonds. The van der Waals surface area contributed by atoms with E-state index in [-0.39, 0.29) is 11.9 Å². The van der Waals surface area contributed by atoms with Crippen LogP contribution in [0.25, 0.3) is 11.3 Å². The van der Waals surface area contributed by atoms with Gasteiger partial charge < -0.3 is 9.09 Å². The van der Waals surface area contributed by atoms with Gasteiger partial charge >= 0.3 is 0 Å². The van der Waals surface area contributed by atoms with Crippen molar-refractivity contribution in [3.8, 4) is 11.3 Å². The lowest BCUT2D eigenvalue weighted by molar-refractivity contribution is -0.118. The Labute approximate surface area is 134 Å². The molecule has 23 heavy (non-hydrogen) atoms. The molecule has 0 radical (unpaired) electrons. The number of aryl methyl sites for hydroxylation is 1. The number of nitrogens with zero attached hydrogens (tertiary/aromatic N) is 3. The highest BCUT2D eigenvalue weighted by Gasteiger charge is 2.16. The number of hydrogen-bond acceptors (Lipinski definition) is 4. The number of anilines is 1. The molecule has 1 N–H and O–H groups in total. The summed E-state index contributed by atoms with van der Waals surface area (Å²) in [6.07, 6.45) is 5.97. The Hall–Kier alpha value is -2.89. The van der Waals surface area contributed by atoms with Gasteiger partial charge in [0.2, 0.25) is 11.8 Å². The molecule has 0 aliphatic heterocycles. The van der Waals surface area contributed by atoms with Crippen molar-refractivity contribution in [2.24, 2.45) is 0 Å². The van der Waals surface area contributed by atoms with Crippen molar-refractivity contribution in [2.75, 3.05) is 5.32 Å². The van der Waals surface area contributed by atoms with Crippen LogP contribution >= 0.6 is 0 Å². The van der Waals surface area contributed by atoms with E-state index in [1.165, 1.54) is 5.56 Å². The molecule has 0 saturated heterocycles. The van der Waals surface area contributed by atoms with E-state index < -0.39 is 0 Å². The topological polar surface area (TPSA) is 73.0 Å². The van der Waals surface area contributed by atoms with Gasteiger partial charge in [0.05, 0.1) is 6.33 Å². The van der Waals surface area contributed by atoms with Gasteiger partial charge in [0, 0.05) is 24.0 Å². The summed E-state index contributed by atoms with van der Waals surface area (Å²) in [4.78, 5) is 16.1. The van der Waals surface area contributed by atoms with Gasteiger partial charge in [-0.15, -0.1) is 0 Å². The van der Waals surface area contributed by atoms with Crippen LogP contribution in [0.2, 0.25) is 0 Å². The Balaban J connectivity index is 1.70. The van der Waals surface area contributed by atoms with Crippen LogP contribution in [0, 0.1) is 0 Å². The average Bonchev–Trinajstić information content (AvgIpc) is 3.26. The molecule has 0 bridgehead atoms. The molecule has 2 aromatic heterocycles. The zero-order chi connectivity index (χ0) is 16.2. The first-order valence-corrected chi connectivity index (χ1v) is 7.51. The highest BCUT2D eigenvalue weighted by atomic mass is 16.5. The van der Waals surface area contributed by atoms with Gasteiger partial charge in [-0.05, 0) is 18.9 Å². The fourth-order valence-electron chi connectivity index (χ4n) is 2.24. The minimum Gasteiger partial charge on any atom is -0.338 e. The minimum atomic E-state index is -0.380. The Morgan fingerprint density at radius 3 is 2.78 bits per heavy atom. The van der Waals surface area contributed by atoms with E-state index in [1.807, 2.05) is 12.1 Å². The predicted molar refractivity (Wildman–Crippen MR) is 86.9 cm³/mol.